The molecule has 0 bridgehead atoms. The predicted molar refractivity (Wildman–Crippen MR) is 478 cm³/mol. The summed E-state index contributed by atoms with van der Waals surface area (Å²) in [5.74, 6) is 0. The standard InChI is InChI=1S/C106H73BN6/c1-106(2,3)84-63-62-75(104(112-93-53-26-16-42-80(93)81-43-17-27-54-94(81)112)105(84)113-95-55-28-18-44-82(95)83-45-19-29-56-96(83)113)71-61-65-86-101(67-71)110(88-48-21-11-37-73(88)69-34-8-5-9-35-69)98-58-31-57-97-102(98)107(86)85-64-60-70(66-100(85)109(97)87-47-20-10-36-72(87)68-32-6-4-7-33-68)74-46-30-59-99(108-89-49-22-12-38-76(89)77-39-13-23-50-90(77)108)103(74)111-91-51-24-14-40-78(91)79-41-15-25-52-92(79)111/h4-67H,1-3H3. The van der Waals surface area contributed by atoms with E-state index in [4.69, 9.17) is 0 Å². The van der Waals surface area contributed by atoms with Gasteiger partial charge in [0.25, 0.3) is 6.71 Å². The molecule has 530 valence electrons. The summed E-state index contributed by atoms with van der Waals surface area (Å²) < 4.78 is 10.2. The second kappa shape index (κ2) is 25.1. The fraction of sp³-hybridized carbons (Fsp3) is 0.0377. The zero-order chi connectivity index (χ0) is 74.7. The molecule has 17 aromatic carbocycles. The second-order valence-electron chi connectivity index (χ2n) is 31.4. The number of nitrogens with zero attached hydrogens (tertiary/aromatic N) is 6. The third-order valence-electron chi connectivity index (χ3n) is 24.3. The Hall–Kier alpha value is -14.4. The molecule has 113 heavy (non-hydrogen) atoms. The van der Waals surface area contributed by atoms with Gasteiger partial charge in [-0.2, -0.15) is 0 Å². The summed E-state index contributed by atoms with van der Waals surface area (Å²) in [7, 11) is 0. The Bertz CT molecular complexity index is 7300. The van der Waals surface area contributed by atoms with Crippen LogP contribution in [0.15, 0.2) is 388 Å². The lowest BCUT2D eigenvalue weighted by atomic mass is 9.33. The molecule has 2 aliphatic heterocycles. The molecule has 0 unspecified atom stereocenters. The van der Waals surface area contributed by atoms with Gasteiger partial charge in [-0.25, -0.2) is 0 Å². The fourth-order valence-electron chi connectivity index (χ4n) is 19.6. The van der Waals surface area contributed by atoms with Crippen LogP contribution >= 0.6 is 0 Å². The first-order chi connectivity index (χ1) is 55.8. The zero-order valence-electron chi connectivity index (χ0n) is 62.7. The molecule has 0 amide bonds. The summed E-state index contributed by atoms with van der Waals surface area (Å²) in [6.07, 6.45) is 0. The van der Waals surface area contributed by atoms with Crippen molar-refractivity contribution in [2.24, 2.45) is 0 Å². The van der Waals surface area contributed by atoms with Crippen LogP contribution in [0.2, 0.25) is 0 Å². The zero-order valence-corrected chi connectivity index (χ0v) is 62.7. The van der Waals surface area contributed by atoms with Crippen molar-refractivity contribution in [1.82, 2.24) is 18.3 Å². The molecular weight excluding hydrogens is 1370 g/mol. The quantitative estimate of drug-likeness (QED) is 0.128. The lowest BCUT2D eigenvalue weighted by Gasteiger charge is -2.45. The van der Waals surface area contributed by atoms with Crippen LogP contribution in [0.3, 0.4) is 0 Å². The molecule has 0 saturated carbocycles. The second-order valence-corrected chi connectivity index (χ2v) is 31.4. The summed E-state index contributed by atoms with van der Waals surface area (Å²) >= 11 is 0. The molecule has 0 N–H and O–H groups in total. The lowest BCUT2D eigenvalue weighted by Crippen LogP contribution is -2.61. The first-order valence-corrected chi connectivity index (χ1v) is 39.4. The van der Waals surface area contributed by atoms with Crippen molar-refractivity contribution < 1.29 is 0 Å². The normalized spacial score (nSPS) is 12.7. The molecule has 6 heterocycles. The number of anilines is 6. The van der Waals surface area contributed by atoms with Gasteiger partial charge in [0.1, 0.15) is 0 Å². The Morgan fingerprint density at radius 2 is 0.504 bits per heavy atom. The van der Waals surface area contributed by atoms with E-state index in [1.165, 1.54) is 76.1 Å². The summed E-state index contributed by atoms with van der Waals surface area (Å²) in [6.45, 7) is 6.90. The van der Waals surface area contributed by atoms with Crippen molar-refractivity contribution in [3.63, 3.8) is 0 Å². The lowest BCUT2D eigenvalue weighted by molar-refractivity contribution is 0.587. The Labute approximate surface area is 655 Å². The molecule has 2 aliphatic rings. The van der Waals surface area contributed by atoms with Crippen molar-refractivity contribution in [3.8, 4) is 67.3 Å². The van der Waals surface area contributed by atoms with E-state index in [1.54, 1.807) is 0 Å². The monoisotopic (exact) mass is 1440 g/mol. The Kier molecular flexibility index (Phi) is 14.3. The van der Waals surface area contributed by atoms with Crippen molar-refractivity contribution in [3.05, 3.63) is 394 Å². The molecule has 0 aliphatic carbocycles. The van der Waals surface area contributed by atoms with Crippen molar-refractivity contribution in [2.75, 3.05) is 9.80 Å². The van der Waals surface area contributed by atoms with Gasteiger partial charge in [-0.15, -0.1) is 0 Å². The summed E-state index contributed by atoms with van der Waals surface area (Å²) in [4.78, 5) is 5.23. The molecule has 0 fully saturated rings. The minimum atomic E-state index is -0.297. The maximum atomic E-state index is 2.62. The Morgan fingerprint density at radius 3 is 0.903 bits per heavy atom. The SMILES string of the molecule is CC(C)(C)c1ccc(-c2ccc3c(c2)N(c2ccccc2-c2ccccc2)c2cccc4c2B3c2ccc(-c3cccc(-n5c6ccccc6c6ccccc65)c3-n3c5ccccc5c5ccccc53)cc2N4c2ccccc2-c2ccccc2)c(-n2c3ccccc3c3ccccc32)c1-n1c2ccccc2c2ccccc21. The van der Waals surface area contributed by atoms with Crippen LogP contribution in [0.25, 0.3) is 154 Å². The van der Waals surface area contributed by atoms with Gasteiger partial charge in [0.05, 0.1) is 78.3 Å². The number of aromatic nitrogens is 4. The highest BCUT2D eigenvalue weighted by Crippen LogP contribution is 2.53. The minimum absolute atomic E-state index is 0.233. The maximum Gasteiger partial charge on any atom is 0.252 e. The van der Waals surface area contributed by atoms with Gasteiger partial charge in [-0.1, -0.05) is 318 Å². The first-order valence-electron chi connectivity index (χ1n) is 39.4. The third kappa shape index (κ3) is 9.62. The molecule has 21 aromatic rings. The van der Waals surface area contributed by atoms with Crippen LogP contribution in [-0.2, 0) is 5.41 Å². The summed E-state index contributed by atoms with van der Waals surface area (Å²) in [5.41, 5.74) is 34.0. The maximum absolute atomic E-state index is 2.62. The Balaban J connectivity index is 0.829. The van der Waals surface area contributed by atoms with E-state index in [0.29, 0.717) is 0 Å². The number of rotatable bonds is 10. The minimum Gasteiger partial charge on any atom is -0.311 e. The Morgan fingerprint density at radius 1 is 0.204 bits per heavy atom. The van der Waals surface area contributed by atoms with Crippen LogP contribution in [0, 0.1) is 0 Å². The fourth-order valence-corrected chi connectivity index (χ4v) is 19.6. The van der Waals surface area contributed by atoms with Crippen LogP contribution in [-0.4, -0.2) is 25.0 Å². The number of benzene rings is 17. The average molecular weight is 1440 g/mol. The van der Waals surface area contributed by atoms with Crippen LogP contribution in [0.1, 0.15) is 26.3 Å². The van der Waals surface area contributed by atoms with E-state index >= 15 is 0 Å². The summed E-state index contributed by atoms with van der Waals surface area (Å²) in [6, 6.07) is 146. The van der Waals surface area contributed by atoms with Crippen LogP contribution < -0.4 is 26.2 Å². The summed E-state index contributed by atoms with van der Waals surface area (Å²) in [5, 5.41) is 9.72. The van der Waals surface area contributed by atoms with Gasteiger partial charge in [-0.3, -0.25) is 0 Å². The number of fused-ring (bicyclic) bond motifs is 16. The van der Waals surface area contributed by atoms with E-state index in [2.05, 4.69) is 437 Å². The molecule has 0 atom stereocenters. The topological polar surface area (TPSA) is 26.2 Å². The van der Waals surface area contributed by atoms with Crippen molar-refractivity contribution >= 4 is 144 Å². The highest BCUT2D eigenvalue weighted by atomic mass is 15.2. The third-order valence-corrected chi connectivity index (χ3v) is 24.3. The number of hydrogen-bond donors (Lipinski definition) is 0. The van der Waals surface area contributed by atoms with E-state index in [-0.39, 0.29) is 12.1 Å². The smallest absolute Gasteiger partial charge is 0.252 e. The molecule has 7 heteroatoms. The largest absolute Gasteiger partial charge is 0.311 e. The molecule has 23 rings (SSSR count). The van der Waals surface area contributed by atoms with Gasteiger partial charge < -0.3 is 28.1 Å². The van der Waals surface area contributed by atoms with E-state index < -0.39 is 0 Å². The molecule has 0 saturated heterocycles. The van der Waals surface area contributed by atoms with Crippen molar-refractivity contribution in [2.45, 2.75) is 26.2 Å². The predicted octanol–water partition coefficient (Wildman–Crippen LogP) is 26.1. The van der Waals surface area contributed by atoms with Gasteiger partial charge in [0.2, 0.25) is 0 Å². The van der Waals surface area contributed by atoms with Gasteiger partial charge in [0.15, 0.2) is 0 Å². The molecule has 0 radical (unpaired) electrons. The highest BCUT2D eigenvalue weighted by molar-refractivity contribution is 7.00. The first kappa shape index (κ1) is 64.6. The van der Waals surface area contributed by atoms with Gasteiger partial charge >= 0.3 is 0 Å². The van der Waals surface area contributed by atoms with E-state index in [0.717, 1.165) is 134 Å². The van der Waals surface area contributed by atoms with Gasteiger partial charge in [0, 0.05) is 88.1 Å². The highest BCUT2D eigenvalue weighted by Gasteiger charge is 2.45. The van der Waals surface area contributed by atoms with Crippen LogP contribution in [0.5, 0.6) is 0 Å². The number of hydrogen-bond acceptors (Lipinski definition) is 2. The van der Waals surface area contributed by atoms with Crippen LogP contribution in [0.4, 0.5) is 34.1 Å². The van der Waals surface area contributed by atoms with Gasteiger partial charge in [-0.05, 0) is 141 Å². The van der Waals surface area contributed by atoms with E-state index in [9.17, 15) is 0 Å². The van der Waals surface area contributed by atoms with Crippen molar-refractivity contribution in [1.29, 1.82) is 0 Å². The average Bonchev–Trinajstić information content (AvgIpc) is 1.68. The molecule has 4 aromatic heterocycles. The molecule has 0 spiro atoms. The van der Waals surface area contributed by atoms with E-state index in [1.807, 2.05) is 0 Å². The number of para-hydroxylation sites is 11. The molecular formula is C106H73BN6. The molecule has 6 nitrogen and oxygen atoms in total.